The van der Waals surface area contributed by atoms with E-state index in [4.69, 9.17) is 4.74 Å². The number of fused-ring (bicyclic) bond motifs is 1. The molecule has 1 atom stereocenters. The summed E-state index contributed by atoms with van der Waals surface area (Å²) in [4.78, 5) is 37.9. The van der Waals surface area contributed by atoms with E-state index in [1.807, 2.05) is 0 Å². The number of thiophene rings is 1. The molecule has 30 heavy (non-hydrogen) atoms. The van der Waals surface area contributed by atoms with Gasteiger partial charge in [0.2, 0.25) is 0 Å². The molecule has 0 saturated heterocycles. The molecule has 0 aliphatic heterocycles. The third-order valence-electron chi connectivity index (χ3n) is 4.67. The molecule has 0 fully saturated rings. The second-order valence-corrected chi connectivity index (χ2v) is 8.09. The van der Waals surface area contributed by atoms with Crippen LogP contribution in [-0.4, -0.2) is 30.6 Å². The molecule has 2 amide bonds. The van der Waals surface area contributed by atoms with Gasteiger partial charge in [0.15, 0.2) is 0 Å². The molecule has 0 bridgehead atoms. The predicted octanol–water partition coefficient (Wildman–Crippen LogP) is 3.28. The van der Waals surface area contributed by atoms with E-state index in [9.17, 15) is 18.8 Å². The number of nitrogens with one attached hydrogen (secondary N) is 2. The molecule has 0 spiro atoms. The van der Waals surface area contributed by atoms with Crippen molar-refractivity contribution in [2.45, 2.75) is 33.1 Å². The van der Waals surface area contributed by atoms with Crippen LogP contribution in [0.1, 0.15) is 46.6 Å². The SMILES string of the molecule is CCOC(=O)c1c(NC(=O)C(=O)N/N=C\c2ccc(F)cc2)sc2c1CC[C@@H](C)C2. The first kappa shape index (κ1) is 21.6. The maximum atomic E-state index is 12.9. The van der Waals surface area contributed by atoms with E-state index in [-0.39, 0.29) is 12.4 Å². The van der Waals surface area contributed by atoms with E-state index in [1.165, 1.54) is 41.8 Å². The number of carbonyl (C=O) groups is 3. The van der Waals surface area contributed by atoms with Gasteiger partial charge in [-0.3, -0.25) is 9.59 Å². The summed E-state index contributed by atoms with van der Waals surface area (Å²) in [6.45, 7) is 4.06. The fourth-order valence-corrected chi connectivity index (χ4v) is 4.58. The molecule has 1 aliphatic rings. The zero-order valence-corrected chi connectivity index (χ0v) is 17.5. The van der Waals surface area contributed by atoms with Crippen LogP contribution in [-0.2, 0) is 27.2 Å². The third-order valence-corrected chi connectivity index (χ3v) is 5.84. The fraction of sp³-hybridized carbons (Fsp3) is 0.333. The number of nitrogens with zero attached hydrogens (tertiary/aromatic N) is 1. The van der Waals surface area contributed by atoms with Gasteiger partial charge in [0.05, 0.1) is 18.4 Å². The number of carbonyl (C=O) groups excluding carboxylic acids is 3. The van der Waals surface area contributed by atoms with Gasteiger partial charge in [-0.15, -0.1) is 11.3 Å². The fourth-order valence-electron chi connectivity index (χ4n) is 3.18. The van der Waals surface area contributed by atoms with Crippen molar-refractivity contribution in [3.8, 4) is 0 Å². The summed E-state index contributed by atoms with van der Waals surface area (Å²) in [6, 6.07) is 5.47. The lowest BCUT2D eigenvalue weighted by Crippen LogP contribution is -2.32. The van der Waals surface area contributed by atoms with Crippen molar-refractivity contribution in [3.63, 3.8) is 0 Å². The molecule has 158 valence electrons. The normalized spacial score (nSPS) is 15.5. The largest absolute Gasteiger partial charge is 0.462 e. The van der Waals surface area contributed by atoms with Crippen LogP contribution in [0.25, 0.3) is 0 Å². The van der Waals surface area contributed by atoms with E-state index >= 15 is 0 Å². The molecule has 0 radical (unpaired) electrons. The third kappa shape index (κ3) is 5.10. The molecule has 3 rings (SSSR count). The molecule has 1 aromatic carbocycles. The molecule has 0 unspecified atom stereocenters. The summed E-state index contributed by atoms with van der Waals surface area (Å²) >= 11 is 1.30. The Hall–Kier alpha value is -3.07. The first-order valence-electron chi connectivity index (χ1n) is 9.60. The molecule has 7 nitrogen and oxygen atoms in total. The molecule has 9 heteroatoms. The van der Waals surface area contributed by atoms with Crippen molar-refractivity contribution in [1.82, 2.24) is 5.43 Å². The number of esters is 1. The highest BCUT2D eigenvalue weighted by molar-refractivity contribution is 7.17. The van der Waals surface area contributed by atoms with E-state index in [0.717, 1.165) is 29.7 Å². The van der Waals surface area contributed by atoms with Crippen molar-refractivity contribution < 1.29 is 23.5 Å². The van der Waals surface area contributed by atoms with Crippen molar-refractivity contribution >= 4 is 40.3 Å². The number of rotatable bonds is 5. The maximum absolute atomic E-state index is 12.9. The molecule has 1 aliphatic carbocycles. The van der Waals surface area contributed by atoms with E-state index in [0.29, 0.717) is 22.0 Å². The van der Waals surface area contributed by atoms with Crippen LogP contribution in [0.3, 0.4) is 0 Å². The molecular weight excluding hydrogens is 409 g/mol. The Kier molecular flexibility index (Phi) is 6.94. The van der Waals surface area contributed by atoms with Gasteiger partial charge in [0.1, 0.15) is 10.8 Å². The van der Waals surface area contributed by atoms with Gasteiger partial charge < -0.3 is 10.1 Å². The van der Waals surface area contributed by atoms with Gasteiger partial charge in [-0.05, 0) is 55.4 Å². The van der Waals surface area contributed by atoms with E-state index < -0.39 is 17.8 Å². The van der Waals surface area contributed by atoms with Gasteiger partial charge in [-0.2, -0.15) is 5.10 Å². The first-order valence-corrected chi connectivity index (χ1v) is 10.4. The Labute approximate surface area is 177 Å². The van der Waals surface area contributed by atoms with Crippen LogP contribution in [0.5, 0.6) is 0 Å². The van der Waals surface area contributed by atoms with Crippen molar-refractivity contribution in [3.05, 3.63) is 51.7 Å². The number of ether oxygens (including phenoxy) is 1. The predicted molar refractivity (Wildman–Crippen MR) is 112 cm³/mol. The molecular formula is C21H22FN3O4S. The van der Waals surface area contributed by atoms with Gasteiger partial charge >= 0.3 is 17.8 Å². The Balaban J connectivity index is 1.71. The van der Waals surface area contributed by atoms with Crippen LogP contribution in [0, 0.1) is 11.7 Å². The van der Waals surface area contributed by atoms with Gasteiger partial charge in [0.25, 0.3) is 0 Å². The minimum absolute atomic E-state index is 0.214. The van der Waals surface area contributed by atoms with Crippen LogP contribution in [0.15, 0.2) is 29.4 Å². The minimum Gasteiger partial charge on any atom is -0.462 e. The maximum Gasteiger partial charge on any atom is 0.341 e. The van der Waals surface area contributed by atoms with Crippen LogP contribution in [0.4, 0.5) is 9.39 Å². The Morgan fingerprint density at radius 2 is 2.00 bits per heavy atom. The quantitative estimate of drug-likeness (QED) is 0.329. The monoisotopic (exact) mass is 431 g/mol. The van der Waals surface area contributed by atoms with Gasteiger partial charge in [-0.25, -0.2) is 14.6 Å². The van der Waals surface area contributed by atoms with E-state index in [2.05, 4.69) is 22.8 Å². The highest BCUT2D eigenvalue weighted by Crippen LogP contribution is 2.40. The zero-order valence-electron chi connectivity index (χ0n) is 16.7. The van der Waals surface area contributed by atoms with Gasteiger partial charge in [0, 0.05) is 4.88 Å². The summed E-state index contributed by atoms with van der Waals surface area (Å²) in [7, 11) is 0. The number of benzene rings is 1. The van der Waals surface area contributed by atoms with Gasteiger partial charge in [-0.1, -0.05) is 19.1 Å². The Morgan fingerprint density at radius 3 is 2.70 bits per heavy atom. The number of amides is 2. The number of hydrogen-bond acceptors (Lipinski definition) is 6. The molecule has 0 saturated carbocycles. The summed E-state index contributed by atoms with van der Waals surface area (Å²) in [5, 5.41) is 6.54. The summed E-state index contributed by atoms with van der Waals surface area (Å²) in [5.74, 6) is -2.33. The molecule has 1 aromatic heterocycles. The lowest BCUT2D eigenvalue weighted by atomic mass is 9.88. The lowest BCUT2D eigenvalue weighted by Gasteiger charge is -2.18. The molecule has 2 aromatic rings. The summed E-state index contributed by atoms with van der Waals surface area (Å²) in [5.41, 5.74) is 3.90. The minimum atomic E-state index is -0.983. The Bertz CT molecular complexity index is 985. The van der Waals surface area contributed by atoms with E-state index in [1.54, 1.807) is 6.92 Å². The topological polar surface area (TPSA) is 96.9 Å². The van der Waals surface area contributed by atoms with Crippen molar-refractivity contribution in [1.29, 1.82) is 0 Å². The molecule has 1 heterocycles. The zero-order chi connectivity index (χ0) is 21.7. The Morgan fingerprint density at radius 1 is 1.27 bits per heavy atom. The number of anilines is 1. The van der Waals surface area contributed by atoms with Crippen molar-refractivity contribution in [2.75, 3.05) is 11.9 Å². The number of hydrogen-bond donors (Lipinski definition) is 2. The standard InChI is InChI=1S/C21H22FN3O4S/c1-3-29-21(28)17-15-9-4-12(2)10-16(15)30-20(17)24-18(26)19(27)25-23-11-13-5-7-14(22)8-6-13/h5-8,11-12H,3-4,9-10H2,1-2H3,(H,24,26)(H,25,27)/b23-11-/t12-/m1/s1. The molecule has 2 N–H and O–H groups in total. The number of hydrazone groups is 1. The lowest BCUT2D eigenvalue weighted by molar-refractivity contribution is -0.136. The smallest absolute Gasteiger partial charge is 0.341 e. The van der Waals surface area contributed by atoms with Crippen LogP contribution in [0.2, 0.25) is 0 Å². The highest BCUT2D eigenvalue weighted by atomic mass is 32.1. The second kappa shape index (κ2) is 9.62. The first-order chi connectivity index (χ1) is 14.4. The average molecular weight is 431 g/mol. The summed E-state index contributed by atoms with van der Waals surface area (Å²) < 4.78 is 18.0. The number of halogens is 1. The highest BCUT2D eigenvalue weighted by Gasteiger charge is 2.30. The van der Waals surface area contributed by atoms with Crippen LogP contribution < -0.4 is 10.7 Å². The average Bonchev–Trinajstić information content (AvgIpc) is 3.06. The van der Waals surface area contributed by atoms with Crippen molar-refractivity contribution in [2.24, 2.45) is 11.0 Å². The van der Waals surface area contributed by atoms with Crippen LogP contribution >= 0.6 is 11.3 Å². The second-order valence-electron chi connectivity index (χ2n) is 6.98. The summed E-state index contributed by atoms with van der Waals surface area (Å²) in [6.07, 6.45) is 3.78.